The summed E-state index contributed by atoms with van der Waals surface area (Å²) in [5.41, 5.74) is 0.527. The quantitative estimate of drug-likeness (QED) is 0.795. The minimum atomic E-state index is -0.570. The van der Waals surface area contributed by atoms with Gasteiger partial charge < -0.3 is 15.4 Å². The van der Waals surface area contributed by atoms with Gasteiger partial charge in [-0.3, -0.25) is 9.59 Å². The van der Waals surface area contributed by atoms with Crippen LogP contribution in [0, 0.1) is 0 Å². The number of carbonyl (C=O) groups is 2. The highest BCUT2D eigenvalue weighted by Gasteiger charge is 2.18. The number of hydrogen-bond donors (Lipinski definition) is 2. The molecule has 5 nitrogen and oxygen atoms in total. The molecule has 1 fully saturated rings. The highest BCUT2D eigenvalue weighted by atomic mass is 16.5. The van der Waals surface area contributed by atoms with Gasteiger partial charge in [0.2, 0.25) is 5.91 Å². The van der Waals surface area contributed by atoms with E-state index in [4.69, 9.17) is 4.74 Å². The molecular weight excluding hydrogens is 316 g/mol. The van der Waals surface area contributed by atoms with Crippen molar-refractivity contribution in [1.82, 2.24) is 10.6 Å². The Morgan fingerprint density at radius 3 is 2.32 bits per heavy atom. The van der Waals surface area contributed by atoms with E-state index < -0.39 is 6.04 Å². The van der Waals surface area contributed by atoms with E-state index in [0.717, 1.165) is 25.0 Å². The molecule has 2 rings (SSSR count). The number of hydrogen-bond acceptors (Lipinski definition) is 3. The average Bonchev–Trinajstić information content (AvgIpc) is 2.62. The van der Waals surface area contributed by atoms with Gasteiger partial charge in [0.25, 0.3) is 5.91 Å². The minimum Gasteiger partial charge on any atom is -0.490 e. The molecule has 1 aliphatic rings. The molecule has 1 aromatic carbocycles. The maximum Gasteiger partial charge on any atom is 0.251 e. The van der Waals surface area contributed by atoms with E-state index in [2.05, 4.69) is 10.6 Å². The summed E-state index contributed by atoms with van der Waals surface area (Å²) in [6.45, 7) is 5.64. The first-order valence-corrected chi connectivity index (χ1v) is 9.37. The summed E-state index contributed by atoms with van der Waals surface area (Å²) in [6.07, 6.45) is 7.09. The first kappa shape index (κ1) is 19.3. The molecular formula is C20H30N2O3. The van der Waals surface area contributed by atoms with Crippen LogP contribution in [0.5, 0.6) is 5.75 Å². The fourth-order valence-electron chi connectivity index (χ4n) is 2.88. The van der Waals surface area contributed by atoms with E-state index in [1.54, 1.807) is 19.1 Å². The lowest BCUT2D eigenvalue weighted by molar-refractivity contribution is -0.123. The van der Waals surface area contributed by atoms with E-state index in [1.807, 2.05) is 26.0 Å². The molecule has 2 atom stereocenters. The third-order valence-electron chi connectivity index (χ3n) is 4.71. The van der Waals surface area contributed by atoms with Crippen LogP contribution in [-0.4, -0.2) is 30.0 Å². The fraction of sp³-hybridized carbons (Fsp3) is 0.600. The summed E-state index contributed by atoms with van der Waals surface area (Å²) >= 11 is 0. The van der Waals surface area contributed by atoms with Gasteiger partial charge in [-0.05, 0) is 70.2 Å². The normalized spacial score (nSPS) is 17.4. The lowest BCUT2D eigenvalue weighted by Gasteiger charge is -2.23. The molecule has 0 aromatic heterocycles. The molecule has 2 N–H and O–H groups in total. The van der Waals surface area contributed by atoms with Crippen LogP contribution in [0.4, 0.5) is 0 Å². The summed E-state index contributed by atoms with van der Waals surface area (Å²) in [7, 11) is 0. The lowest BCUT2D eigenvalue weighted by atomic mass is 9.98. The predicted molar refractivity (Wildman–Crippen MR) is 98.8 cm³/mol. The first-order chi connectivity index (χ1) is 12.0. The Hall–Kier alpha value is -2.04. The number of nitrogens with one attached hydrogen (secondary N) is 2. The molecule has 5 heteroatoms. The van der Waals surface area contributed by atoms with E-state index >= 15 is 0 Å². The Kier molecular flexibility index (Phi) is 7.29. The van der Waals surface area contributed by atoms with Gasteiger partial charge in [-0.25, -0.2) is 0 Å². The van der Waals surface area contributed by atoms with Gasteiger partial charge in [-0.15, -0.1) is 0 Å². The van der Waals surface area contributed by atoms with Gasteiger partial charge in [-0.1, -0.05) is 13.3 Å². The topological polar surface area (TPSA) is 67.4 Å². The van der Waals surface area contributed by atoms with Gasteiger partial charge >= 0.3 is 0 Å². The highest BCUT2D eigenvalue weighted by Crippen LogP contribution is 2.23. The second-order valence-electron chi connectivity index (χ2n) is 6.92. The number of benzene rings is 1. The van der Waals surface area contributed by atoms with Gasteiger partial charge in [-0.2, -0.15) is 0 Å². The van der Waals surface area contributed by atoms with Crippen molar-refractivity contribution in [1.29, 1.82) is 0 Å². The van der Waals surface area contributed by atoms with Gasteiger partial charge in [0.1, 0.15) is 11.8 Å². The van der Waals surface area contributed by atoms with Crippen molar-refractivity contribution in [3.63, 3.8) is 0 Å². The van der Waals surface area contributed by atoms with Crippen LogP contribution in [0.3, 0.4) is 0 Å². The van der Waals surface area contributed by atoms with Crippen molar-refractivity contribution in [3.8, 4) is 5.75 Å². The number of rotatable bonds is 7. The molecule has 0 heterocycles. The number of carbonyl (C=O) groups excluding carboxylic acids is 2. The zero-order valence-electron chi connectivity index (χ0n) is 15.5. The lowest BCUT2D eigenvalue weighted by Crippen LogP contribution is -2.47. The smallest absolute Gasteiger partial charge is 0.251 e. The summed E-state index contributed by atoms with van der Waals surface area (Å²) in [5, 5.41) is 5.60. The van der Waals surface area contributed by atoms with E-state index in [-0.39, 0.29) is 24.0 Å². The zero-order chi connectivity index (χ0) is 18.2. The van der Waals surface area contributed by atoms with E-state index in [0.29, 0.717) is 5.56 Å². The zero-order valence-corrected chi connectivity index (χ0v) is 15.5. The molecule has 138 valence electrons. The third-order valence-corrected chi connectivity index (χ3v) is 4.71. The van der Waals surface area contributed by atoms with Gasteiger partial charge in [0.15, 0.2) is 0 Å². The molecule has 0 bridgehead atoms. The van der Waals surface area contributed by atoms with Crippen LogP contribution in [-0.2, 0) is 4.79 Å². The van der Waals surface area contributed by atoms with Crippen LogP contribution >= 0.6 is 0 Å². The van der Waals surface area contributed by atoms with Crippen molar-refractivity contribution < 1.29 is 14.3 Å². The molecule has 0 aliphatic heterocycles. The molecule has 0 spiro atoms. The molecule has 25 heavy (non-hydrogen) atoms. The van der Waals surface area contributed by atoms with E-state index in [9.17, 15) is 9.59 Å². The summed E-state index contributed by atoms with van der Waals surface area (Å²) < 4.78 is 5.97. The highest BCUT2D eigenvalue weighted by molar-refractivity contribution is 5.97. The third kappa shape index (κ3) is 6.07. The molecule has 0 saturated heterocycles. The van der Waals surface area contributed by atoms with Crippen LogP contribution in [0.25, 0.3) is 0 Å². The Balaban J connectivity index is 1.85. The Labute approximate surface area is 150 Å². The van der Waals surface area contributed by atoms with Crippen molar-refractivity contribution in [2.24, 2.45) is 0 Å². The average molecular weight is 346 g/mol. The molecule has 1 aromatic rings. The fourth-order valence-corrected chi connectivity index (χ4v) is 2.88. The SMILES string of the molecule is CCC(C)NC(=O)C(C)NC(=O)c1ccc(OC2CCCCC2)cc1. The Morgan fingerprint density at radius 2 is 1.72 bits per heavy atom. The molecule has 0 radical (unpaired) electrons. The summed E-state index contributed by atoms with van der Waals surface area (Å²) in [6, 6.07) is 6.67. The van der Waals surface area contributed by atoms with Crippen LogP contribution in [0.2, 0.25) is 0 Å². The maximum atomic E-state index is 12.3. The van der Waals surface area contributed by atoms with Crippen LogP contribution < -0.4 is 15.4 Å². The number of amides is 2. The minimum absolute atomic E-state index is 0.100. The first-order valence-electron chi connectivity index (χ1n) is 9.37. The van der Waals surface area contributed by atoms with Crippen LogP contribution in [0.15, 0.2) is 24.3 Å². The van der Waals surface area contributed by atoms with Crippen molar-refractivity contribution >= 4 is 11.8 Å². The van der Waals surface area contributed by atoms with Crippen molar-refractivity contribution in [2.75, 3.05) is 0 Å². The van der Waals surface area contributed by atoms with Gasteiger partial charge in [0, 0.05) is 11.6 Å². The second kappa shape index (κ2) is 9.44. The Morgan fingerprint density at radius 1 is 1.08 bits per heavy atom. The monoisotopic (exact) mass is 346 g/mol. The number of ether oxygens (including phenoxy) is 1. The van der Waals surface area contributed by atoms with Crippen LogP contribution in [0.1, 0.15) is 69.7 Å². The Bertz CT molecular complexity index is 565. The largest absolute Gasteiger partial charge is 0.490 e. The standard InChI is InChI=1S/C20H30N2O3/c1-4-14(2)21-19(23)15(3)22-20(24)16-10-12-18(13-11-16)25-17-8-6-5-7-9-17/h10-15,17H,4-9H2,1-3H3,(H,21,23)(H,22,24). The van der Waals surface area contributed by atoms with E-state index in [1.165, 1.54) is 19.3 Å². The maximum absolute atomic E-state index is 12.3. The summed E-state index contributed by atoms with van der Waals surface area (Å²) in [5.74, 6) is 0.377. The molecule has 2 amide bonds. The summed E-state index contributed by atoms with van der Waals surface area (Å²) in [4.78, 5) is 24.3. The second-order valence-corrected chi connectivity index (χ2v) is 6.92. The molecule has 1 saturated carbocycles. The molecule has 1 aliphatic carbocycles. The van der Waals surface area contributed by atoms with Gasteiger partial charge in [0.05, 0.1) is 6.10 Å². The van der Waals surface area contributed by atoms with Crippen molar-refractivity contribution in [3.05, 3.63) is 29.8 Å². The predicted octanol–water partition coefficient (Wildman–Crippen LogP) is 3.43. The molecule has 2 unspecified atom stereocenters. The van der Waals surface area contributed by atoms with Crippen molar-refractivity contribution in [2.45, 2.75) is 77.5 Å².